The summed E-state index contributed by atoms with van der Waals surface area (Å²) in [6, 6.07) is 11.7. The normalized spacial score (nSPS) is 19.9. The molecule has 1 fully saturated rings. The molecule has 1 heterocycles. The zero-order chi connectivity index (χ0) is 14.2. The highest BCUT2D eigenvalue weighted by molar-refractivity contribution is 5.81. The third kappa shape index (κ3) is 4.36. The van der Waals surface area contributed by atoms with Crippen molar-refractivity contribution in [2.45, 2.75) is 19.3 Å². The maximum atomic E-state index is 12.0. The molecule has 2 unspecified atom stereocenters. The molecule has 0 bridgehead atoms. The SMILES string of the molecule is N#CC(Cc1ccccc1)C(=O)NCC1CCCOC1. The van der Waals surface area contributed by atoms with Crippen LogP contribution in [0.1, 0.15) is 18.4 Å². The summed E-state index contributed by atoms with van der Waals surface area (Å²) in [6.45, 7) is 2.13. The Morgan fingerprint density at radius 2 is 2.25 bits per heavy atom. The van der Waals surface area contributed by atoms with Crippen LogP contribution < -0.4 is 5.32 Å². The van der Waals surface area contributed by atoms with E-state index in [1.54, 1.807) is 0 Å². The average molecular weight is 272 g/mol. The van der Waals surface area contributed by atoms with Crippen LogP contribution >= 0.6 is 0 Å². The summed E-state index contributed by atoms with van der Waals surface area (Å²) in [4.78, 5) is 12.0. The highest BCUT2D eigenvalue weighted by Crippen LogP contribution is 2.13. The van der Waals surface area contributed by atoms with Crippen molar-refractivity contribution < 1.29 is 9.53 Å². The van der Waals surface area contributed by atoms with Gasteiger partial charge in [0, 0.05) is 13.2 Å². The second-order valence-electron chi connectivity index (χ2n) is 5.20. The monoisotopic (exact) mass is 272 g/mol. The molecule has 0 spiro atoms. The molecule has 1 amide bonds. The van der Waals surface area contributed by atoms with Gasteiger partial charge >= 0.3 is 0 Å². The summed E-state index contributed by atoms with van der Waals surface area (Å²) < 4.78 is 5.38. The number of hydrogen-bond donors (Lipinski definition) is 1. The quantitative estimate of drug-likeness (QED) is 0.890. The molecular formula is C16H20N2O2. The first-order chi connectivity index (χ1) is 9.79. The minimum atomic E-state index is -0.623. The van der Waals surface area contributed by atoms with Gasteiger partial charge in [-0.05, 0) is 30.7 Å². The van der Waals surface area contributed by atoms with Gasteiger partial charge in [0.25, 0.3) is 0 Å². The molecule has 20 heavy (non-hydrogen) atoms. The first-order valence-corrected chi connectivity index (χ1v) is 7.08. The standard InChI is InChI=1S/C16H20N2O2/c17-10-15(9-13-5-2-1-3-6-13)16(19)18-11-14-7-4-8-20-12-14/h1-3,5-6,14-15H,4,7-9,11-12H2,(H,18,19). The summed E-state index contributed by atoms with van der Waals surface area (Å²) in [7, 11) is 0. The molecule has 2 atom stereocenters. The number of benzene rings is 1. The molecule has 4 nitrogen and oxygen atoms in total. The lowest BCUT2D eigenvalue weighted by molar-refractivity contribution is -0.123. The lowest BCUT2D eigenvalue weighted by atomic mass is 9.98. The Balaban J connectivity index is 1.81. The molecule has 106 valence electrons. The highest BCUT2D eigenvalue weighted by Gasteiger charge is 2.20. The third-order valence-electron chi connectivity index (χ3n) is 3.57. The smallest absolute Gasteiger partial charge is 0.237 e. The van der Waals surface area contributed by atoms with Crippen LogP contribution in [0.2, 0.25) is 0 Å². The number of hydrogen-bond acceptors (Lipinski definition) is 3. The number of ether oxygens (including phenoxy) is 1. The van der Waals surface area contributed by atoms with Crippen molar-refractivity contribution in [2.24, 2.45) is 11.8 Å². The summed E-state index contributed by atoms with van der Waals surface area (Å²) in [5.41, 5.74) is 1.01. The summed E-state index contributed by atoms with van der Waals surface area (Å²) in [5.74, 6) is -0.424. The maximum absolute atomic E-state index is 12.0. The third-order valence-corrected chi connectivity index (χ3v) is 3.57. The Hall–Kier alpha value is -1.86. The van der Waals surface area contributed by atoms with Crippen molar-refractivity contribution in [1.29, 1.82) is 5.26 Å². The molecule has 1 aliphatic rings. The van der Waals surface area contributed by atoms with Crippen LogP contribution in [-0.2, 0) is 16.0 Å². The van der Waals surface area contributed by atoms with Crippen LogP contribution in [0.5, 0.6) is 0 Å². The van der Waals surface area contributed by atoms with Gasteiger partial charge in [0.1, 0.15) is 5.92 Å². The Kier molecular flexibility index (Phi) is 5.57. The van der Waals surface area contributed by atoms with Crippen molar-refractivity contribution in [1.82, 2.24) is 5.32 Å². The van der Waals surface area contributed by atoms with Crippen LogP contribution in [-0.4, -0.2) is 25.7 Å². The molecule has 0 aliphatic carbocycles. The molecule has 2 rings (SSSR count). The van der Waals surface area contributed by atoms with E-state index in [1.165, 1.54) is 0 Å². The summed E-state index contributed by atoms with van der Waals surface area (Å²) >= 11 is 0. The van der Waals surface area contributed by atoms with Crippen molar-refractivity contribution >= 4 is 5.91 Å². The fourth-order valence-electron chi connectivity index (χ4n) is 2.38. The van der Waals surface area contributed by atoms with E-state index in [9.17, 15) is 4.79 Å². The number of nitriles is 1. The highest BCUT2D eigenvalue weighted by atomic mass is 16.5. The minimum Gasteiger partial charge on any atom is -0.381 e. The molecule has 1 aromatic rings. The Bertz CT molecular complexity index is 461. The molecule has 1 aliphatic heterocycles. The van der Waals surface area contributed by atoms with Gasteiger partial charge in [-0.3, -0.25) is 4.79 Å². The summed E-state index contributed by atoms with van der Waals surface area (Å²) in [5, 5.41) is 12.0. The number of rotatable bonds is 5. The molecule has 1 aromatic carbocycles. The van der Waals surface area contributed by atoms with E-state index >= 15 is 0 Å². The molecular weight excluding hydrogens is 252 g/mol. The Morgan fingerprint density at radius 1 is 1.45 bits per heavy atom. The van der Waals surface area contributed by atoms with Crippen LogP contribution in [0.3, 0.4) is 0 Å². The van der Waals surface area contributed by atoms with Crippen molar-refractivity contribution in [3.05, 3.63) is 35.9 Å². The van der Waals surface area contributed by atoms with Crippen LogP contribution in [0.4, 0.5) is 0 Å². The van der Waals surface area contributed by atoms with Gasteiger partial charge in [-0.2, -0.15) is 5.26 Å². The minimum absolute atomic E-state index is 0.179. The molecule has 0 aromatic heterocycles. The van der Waals surface area contributed by atoms with Crippen molar-refractivity contribution in [3.8, 4) is 6.07 Å². The van der Waals surface area contributed by atoms with Gasteiger partial charge in [0.15, 0.2) is 0 Å². The lowest BCUT2D eigenvalue weighted by Gasteiger charge is -2.22. The molecule has 0 radical (unpaired) electrons. The van der Waals surface area contributed by atoms with Crippen molar-refractivity contribution in [3.63, 3.8) is 0 Å². The van der Waals surface area contributed by atoms with Crippen LogP contribution in [0.25, 0.3) is 0 Å². The first-order valence-electron chi connectivity index (χ1n) is 7.08. The van der Waals surface area contributed by atoms with Gasteiger partial charge in [0.05, 0.1) is 12.7 Å². The van der Waals surface area contributed by atoms with Gasteiger partial charge in [-0.15, -0.1) is 0 Å². The van der Waals surface area contributed by atoms with E-state index in [-0.39, 0.29) is 5.91 Å². The average Bonchev–Trinajstić information content (AvgIpc) is 2.52. The second-order valence-corrected chi connectivity index (χ2v) is 5.20. The largest absolute Gasteiger partial charge is 0.381 e. The predicted octanol–water partition coefficient (Wildman–Crippen LogP) is 1.91. The lowest BCUT2D eigenvalue weighted by Crippen LogP contribution is -2.37. The number of carbonyl (C=O) groups excluding carboxylic acids is 1. The Labute approximate surface area is 119 Å². The van der Waals surface area contributed by atoms with E-state index in [2.05, 4.69) is 11.4 Å². The predicted molar refractivity (Wildman–Crippen MR) is 75.8 cm³/mol. The summed E-state index contributed by atoms with van der Waals surface area (Å²) in [6.07, 6.45) is 2.59. The molecule has 0 saturated carbocycles. The molecule has 4 heteroatoms. The van der Waals surface area contributed by atoms with E-state index in [0.717, 1.165) is 25.0 Å². The number of amides is 1. The van der Waals surface area contributed by atoms with E-state index in [1.807, 2.05) is 30.3 Å². The van der Waals surface area contributed by atoms with E-state index in [0.29, 0.717) is 25.5 Å². The first kappa shape index (κ1) is 14.5. The van der Waals surface area contributed by atoms with E-state index in [4.69, 9.17) is 10.00 Å². The molecule has 1 N–H and O–H groups in total. The zero-order valence-electron chi connectivity index (χ0n) is 11.5. The fourth-order valence-corrected chi connectivity index (χ4v) is 2.38. The van der Waals surface area contributed by atoms with Crippen LogP contribution in [0, 0.1) is 23.2 Å². The van der Waals surface area contributed by atoms with Gasteiger partial charge in [-0.25, -0.2) is 0 Å². The topological polar surface area (TPSA) is 62.1 Å². The number of carbonyl (C=O) groups is 1. The fraction of sp³-hybridized carbons (Fsp3) is 0.500. The van der Waals surface area contributed by atoms with Crippen LogP contribution in [0.15, 0.2) is 30.3 Å². The zero-order valence-corrected chi connectivity index (χ0v) is 11.5. The number of nitrogens with zero attached hydrogens (tertiary/aromatic N) is 1. The molecule has 1 saturated heterocycles. The van der Waals surface area contributed by atoms with Gasteiger partial charge in [-0.1, -0.05) is 30.3 Å². The van der Waals surface area contributed by atoms with Gasteiger partial charge in [0.2, 0.25) is 5.91 Å². The number of nitrogens with one attached hydrogen (secondary N) is 1. The maximum Gasteiger partial charge on any atom is 0.237 e. The van der Waals surface area contributed by atoms with Gasteiger partial charge < -0.3 is 10.1 Å². The van der Waals surface area contributed by atoms with Crippen molar-refractivity contribution in [2.75, 3.05) is 19.8 Å². The Morgan fingerprint density at radius 3 is 2.90 bits per heavy atom. The second kappa shape index (κ2) is 7.66. The van der Waals surface area contributed by atoms with E-state index < -0.39 is 5.92 Å².